The fraction of sp³-hybridized carbons (Fsp3) is 0.0345. The monoisotopic (exact) mass is 471 g/mol. The van der Waals surface area contributed by atoms with Crippen molar-refractivity contribution in [1.82, 2.24) is 4.57 Å². The number of hydrogen-bond donors (Lipinski definition) is 0. The molecule has 0 atom stereocenters. The van der Waals surface area contributed by atoms with Gasteiger partial charge in [0.05, 0.1) is 5.52 Å². The van der Waals surface area contributed by atoms with Crippen LogP contribution in [0.2, 0.25) is 0 Å². The minimum atomic E-state index is 0. The Morgan fingerprint density at radius 2 is 1.16 bits per heavy atom. The van der Waals surface area contributed by atoms with Crippen molar-refractivity contribution in [2.45, 2.75) is 0 Å². The molecule has 31 heavy (non-hydrogen) atoms. The molecule has 2 heteroatoms. The topological polar surface area (TPSA) is 4.93 Å². The van der Waals surface area contributed by atoms with E-state index in [1.165, 1.54) is 54.8 Å². The van der Waals surface area contributed by atoms with E-state index in [4.69, 9.17) is 0 Å². The summed E-state index contributed by atoms with van der Waals surface area (Å²) in [6.07, 6.45) is 0. The van der Waals surface area contributed by atoms with Crippen molar-refractivity contribution in [2.75, 3.05) is 0 Å². The first-order valence-corrected chi connectivity index (χ1v) is 10.3. The third-order valence-electron chi connectivity index (χ3n) is 6.15. The van der Waals surface area contributed by atoms with Crippen LogP contribution >= 0.6 is 0 Å². The van der Waals surface area contributed by atoms with Crippen LogP contribution in [0, 0.1) is 6.07 Å². The molecule has 0 aliphatic rings. The van der Waals surface area contributed by atoms with Crippen molar-refractivity contribution >= 4 is 32.6 Å². The van der Waals surface area contributed by atoms with Gasteiger partial charge in [-0.25, -0.2) is 0 Å². The van der Waals surface area contributed by atoms with Crippen LogP contribution in [0.25, 0.3) is 54.8 Å². The smallest absolute Gasteiger partial charge is 0.0568 e. The first-order valence-electron chi connectivity index (χ1n) is 10.3. The van der Waals surface area contributed by atoms with Crippen LogP contribution in [0.3, 0.4) is 0 Å². The van der Waals surface area contributed by atoms with E-state index in [0.717, 1.165) is 0 Å². The molecule has 6 aromatic rings. The van der Waals surface area contributed by atoms with Gasteiger partial charge in [0.2, 0.25) is 0 Å². The fourth-order valence-corrected chi connectivity index (χ4v) is 4.70. The molecule has 0 aliphatic carbocycles. The van der Waals surface area contributed by atoms with Crippen molar-refractivity contribution in [3.63, 3.8) is 0 Å². The van der Waals surface area contributed by atoms with Crippen molar-refractivity contribution in [1.29, 1.82) is 0 Å². The molecular weight excluding hydrogens is 451 g/mol. The van der Waals surface area contributed by atoms with Crippen molar-refractivity contribution in [3.8, 4) is 22.3 Å². The molecule has 0 unspecified atom stereocenters. The second kappa shape index (κ2) is 8.07. The molecule has 5 aromatic carbocycles. The van der Waals surface area contributed by atoms with Gasteiger partial charge in [0, 0.05) is 61.4 Å². The quantitative estimate of drug-likeness (QED) is 0.229. The molecule has 6 rings (SSSR count). The van der Waals surface area contributed by atoms with Gasteiger partial charge in [-0.2, -0.15) is 30.3 Å². The van der Waals surface area contributed by atoms with Gasteiger partial charge in [0.15, 0.2) is 0 Å². The third-order valence-corrected chi connectivity index (χ3v) is 6.15. The predicted octanol–water partition coefficient (Wildman–Crippen LogP) is 7.62. The van der Waals surface area contributed by atoms with Crippen molar-refractivity contribution < 1.29 is 32.7 Å². The van der Waals surface area contributed by atoms with E-state index in [2.05, 4.69) is 109 Å². The van der Waals surface area contributed by atoms with Crippen molar-refractivity contribution in [2.24, 2.45) is 7.05 Å². The maximum Gasteiger partial charge on any atom is 0.0568 e. The summed E-state index contributed by atoms with van der Waals surface area (Å²) in [4.78, 5) is 0. The zero-order valence-corrected chi connectivity index (χ0v) is 20.2. The molecule has 145 valence electrons. The molecule has 1 heterocycles. The largest absolute Gasteiger partial charge is 0.343 e. The van der Waals surface area contributed by atoms with E-state index >= 15 is 0 Å². The maximum absolute atomic E-state index is 3.09. The number of para-hydroxylation sites is 1. The van der Waals surface area contributed by atoms with Gasteiger partial charge in [-0.3, -0.25) is 0 Å². The average Bonchev–Trinajstić information content (AvgIpc) is 3.12. The third kappa shape index (κ3) is 3.24. The summed E-state index contributed by atoms with van der Waals surface area (Å²) in [6, 6.07) is 39.9. The SMILES string of the molecule is Cn1c2ccccc2c2cc(-c3ccc(-c4cc[c-]cc4)cc3)c3ccccc3c21.[Y]. The predicted molar refractivity (Wildman–Crippen MR) is 128 cm³/mol. The summed E-state index contributed by atoms with van der Waals surface area (Å²) >= 11 is 0. The summed E-state index contributed by atoms with van der Waals surface area (Å²) < 4.78 is 2.33. The van der Waals surface area contributed by atoms with E-state index in [1.807, 2.05) is 12.1 Å². The Hall–Kier alpha value is -2.74. The van der Waals surface area contributed by atoms with E-state index in [0.29, 0.717) is 0 Å². The summed E-state index contributed by atoms with van der Waals surface area (Å²) in [7, 11) is 2.17. The number of hydrogen-bond acceptors (Lipinski definition) is 0. The van der Waals surface area contributed by atoms with Crippen LogP contribution in [0.15, 0.2) is 103 Å². The molecule has 0 amide bonds. The fourth-order valence-electron chi connectivity index (χ4n) is 4.70. The van der Waals surface area contributed by atoms with Crippen LogP contribution in [0.1, 0.15) is 0 Å². The van der Waals surface area contributed by atoms with Gasteiger partial charge in [-0.15, -0.1) is 5.56 Å². The zero-order chi connectivity index (χ0) is 20.1. The first-order chi connectivity index (χ1) is 14.8. The maximum atomic E-state index is 3.09. The van der Waals surface area contributed by atoms with Gasteiger partial charge < -0.3 is 4.57 Å². The molecule has 0 saturated heterocycles. The summed E-state index contributed by atoms with van der Waals surface area (Å²) in [5, 5.41) is 5.20. The molecular formula is C29H20NY-. The van der Waals surface area contributed by atoms with Crippen LogP contribution in [0.4, 0.5) is 0 Å². The van der Waals surface area contributed by atoms with Gasteiger partial charge in [-0.05, 0) is 34.2 Å². The number of rotatable bonds is 2. The molecule has 0 aliphatic heterocycles. The van der Waals surface area contributed by atoms with Crippen LogP contribution in [0.5, 0.6) is 0 Å². The summed E-state index contributed by atoms with van der Waals surface area (Å²) in [5.41, 5.74) is 7.53. The standard InChI is InChI=1S/C29H20N.Y/c1-30-28-14-8-7-12-24(28)27-19-26(23-11-5-6-13-25(23)29(27)30)22-17-15-21(16-18-22)20-9-3-2-4-10-20;/h3-19H,1H3;/q-1;. The van der Waals surface area contributed by atoms with Gasteiger partial charge >= 0.3 is 0 Å². The molecule has 0 bridgehead atoms. The molecule has 1 aromatic heterocycles. The van der Waals surface area contributed by atoms with E-state index in [9.17, 15) is 0 Å². The summed E-state index contributed by atoms with van der Waals surface area (Å²) in [5.74, 6) is 0. The first kappa shape index (κ1) is 20.2. The minimum Gasteiger partial charge on any atom is -0.343 e. The Morgan fingerprint density at radius 1 is 0.581 bits per heavy atom. The summed E-state index contributed by atoms with van der Waals surface area (Å²) in [6.45, 7) is 0. The van der Waals surface area contributed by atoms with Gasteiger partial charge in [0.1, 0.15) is 0 Å². The molecule has 1 radical (unpaired) electrons. The number of aryl methyl sites for hydroxylation is 1. The Labute approximate surface area is 207 Å². The van der Waals surface area contributed by atoms with Gasteiger partial charge in [-0.1, -0.05) is 66.7 Å². The normalized spacial score (nSPS) is 11.1. The van der Waals surface area contributed by atoms with E-state index in [1.54, 1.807) is 0 Å². The van der Waals surface area contributed by atoms with E-state index in [-0.39, 0.29) is 32.7 Å². The Kier molecular flexibility index (Phi) is 5.26. The van der Waals surface area contributed by atoms with Crippen molar-refractivity contribution in [3.05, 3.63) is 109 Å². The number of aromatic nitrogens is 1. The number of benzene rings is 5. The average molecular weight is 471 g/mol. The number of nitrogens with zero attached hydrogens (tertiary/aromatic N) is 1. The minimum absolute atomic E-state index is 0. The van der Waals surface area contributed by atoms with Crippen LogP contribution < -0.4 is 0 Å². The second-order valence-corrected chi connectivity index (χ2v) is 7.81. The van der Waals surface area contributed by atoms with Crippen LogP contribution in [-0.4, -0.2) is 4.57 Å². The molecule has 0 N–H and O–H groups in total. The zero-order valence-electron chi connectivity index (χ0n) is 17.3. The molecule has 1 nitrogen and oxygen atoms in total. The van der Waals surface area contributed by atoms with Gasteiger partial charge in [0.25, 0.3) is 0 Å². The van der Waals surface area contributed by atoms with E-state index < -0.39 is 0 Å². The molecule has 0 saturated carbocycles. The Morgan fingerprint density at radius 3 is 1.90 bits per heavy atom. The molecule has 0 spiro atoms. The number of fused-ring (bicyclic) bond motifs is 5. The second-order valence-electron chi connectivity index (χ2n) is 7.81. The Balaban J connectivity index is 0.00000204. The van der Waals surface area contributed by atoms with Crippen LogP contribution in [-0.2, 0) is 39.8 Å². The Bertz CT molecular complexity index is 1530. The molecule has 0 fully saturated rings.